The zero-order valence-corrected chi connectivity index (χ0v) is 18.4. The third-order valence-corrected chi connectivity index (χ3v) is 5.42. The Morgan fingerprint density at radius 2 is 1.86 bits per heavy atom. The van der Waals surface area contributed by atoms with Crippen LogP contribution < -0.4 is 9.64 Å². The second-order valence-electron chi connectivity index (χ2n) is 6.45. The van der Waals surface area contributed by atoms with Crippen molar-refractivity contribution in [3.8, 4) is 5.75 Å². The summed E-state index contributed by atoms with van der Waals surface area (Å²) in [4.78, 5) is 21.7. The number of halogens is 2. The minimum Gasteiger partial charge on any atom is -0.497 e. The zero-order chi connectivity index (χ0) is 19.4. The van der Waals surface area contributed by atoms with Gasteiger partial charge in [0.05, 0.1) is 17.3 Å². The summed E-state index contributed by atoms with van der Waals surface area (Å²) >= 11 is 7.57. The molecule has 1 heterocycles. The second-order valence-corrected chi connectivity index (χ2v) is 7.90. The predicted octanol–water partition coefficient (Wildman–Crippen LogP) is 4.98. The molecule has 2 aromatic carbocycles. The van der Waals surface area contributed by atoms with Crippen molar-refractivity contribution in [3.63, 3.8) is 0 Å². The van der Waals surface area contributed by atoms with Gasteiger partial charge in [-0.3, -0.25) is 9.69 Å². The topological polar surface area (TPSA) is 45.7 Å². The van der Waals surface area contributed by atoms with E-state index in [9.17, 15) is 4.79 Å². The van der Waals surface area contributed by atoms with E-state index in [1.807, 2.05) is 32.3 Å². The first-order chi connectivity index (χ1) is 13.0. The molecule has 0 aliphatic carbocycles. The number of carbonyl (C=O) groups is 1. The molecule has 0 aliphatic rings. The standard InChI is InChI=1S/C20H22ClN3O2S.ClH/c1-23(2)11-4-12-24(19(25)14-5-8-16(26-3)9-6-14)20-22-17-10-7-15(21)13-18(17)27-20;/h5-10,13H,4,11-12H2,1-3H3;1H. The Bertz CT molecular complexity index is 929. The summed E-state index contributed by atoms with van der Waals surface area (Å²) in [5.41, 5.74) is 1.46. The first-order valence-electron chi connectivity index (χ1n) is 8.64. The van der Waals surface area contributed by atoms with Gasteiger partial charge >= 0.3 is 0 Å². The van der Waals surface area contributed by atoms with E-state index in [2.05, 4.69) is 9.88 Å². The molecule has 3 rings (SSSR count). The van der Waals surface area contributed by atoms with Crippen molar-refractivity contribution in [3.05, 3.63) is 53.1 Å². The number of nitrogens with zero attached hydrogens (tertiary/aromatic N) is 3. The lowest BCUT2D eigenvalue weighted by Gasteiger charge is -2.21. The highest BCUT2D eigenvalue weighted by Gasteiger charge is 2.21. The first kappa shape index (κ1) is 22.4. The largest absolute Gasteiger partial charge is 0.497 e. The average Bonchev–Trinajstić information content (AvgIpc) is 3.07. The predicted molar refractivity (Wildman–Crippen MR) is 120 cm³/mol. The van der Waals surface area contributed by atoms with Gasteiger partial charge in [0.25, 0.3) is 5.91 Å². The summed E-state index contributed by atoms with van der Waals surface area (Å²) in [5.74, 6) is 0.655. The smallest absolute Gasteiger partial charge is 0.260 e. The minimum atomic E-state index is -0.0680. The summed E-state index contributed by atoms with van der Waals surface area (Å²) in [5, 5.41) is 1.35. The van der Waals surface area contributed by atoms with Gasteiger partial charge in [-0.15, -0.1) is 12.4 Å². The van der Waals surface area contributed by atoms with Gasteiger partial charge < -0.3 is 9.64 Å². The molecule has 0 bridgehead atoms. The maximum absolute atomic E-state index is 13.2. The van der Waals surface area contributed by atoms with Crippen molar-refractivity contribution in [1.82, 2.24) is 9.88 Å². The molecule has 3 aromatic rings. The van der Waals surface area contributed by atoms with Gasteiger partial charge in [-0.25, -0.2) is 4.98 Å². The lowest BCUT2D eigenvalue weighted by Crippen LogP contribution is -2.33. The molecule has 1 aromatic heterocycles. The van der Waals surface area contributed by atoms with Gasteiger partial charge in [0, 0.05) is 17.1 Å². The van der Waals surface area contributed by atoms with E-state index in [0.29, 0.717) is 22.3 Å². The van der Waals surface area contributed by atoms with Gasteiger partial charge in [0.1, 0.15) is 5.75 Å². The fraction of sp³-hybridized carbons (Fsp3) is 0.300. The molecule has 5 nitrogen and oxygen atoms in total. The van der Waals surface area contributed by atoms with Crippen molar-refractivity contribution in [2.75, 3.05) is 39.2 Å². The van der Waals surface area contributed by atoms with Crippen LogP contribution in [0.1, 0.15) is 16.8 Å². The fourth-order valence-electron chi connectivity index (χ4n) is 2.72. The zero-order valence-electron chi connectivity index (χ0n) is 16.0. The van der Waals surface area contributed by atoms with Crippen LogP contribution >= 0.6 is 35.3 Å². The van der Waals surface area contributed by atoms with Gasteiger partial charge in [-0.05, 0) is 69.5 Å². The van der Waals surface area contributed by atoms with Gasteiger partial charge in [-0.2, -0.15) is 0 Å². The van der Waals surface area contributed by atoms with Gasteiger partial charge in [0.15, 0.2) is 5.13 Å². The molecule has 0 atom stereocenters. The first-order valence-corrected chi connectivity index (χ1v) is 9.84. The van der Waals surface area contributed by atoms with Crippen LogP contribution in [0, 0.1) is 0 Å². The SMILES string of the molecule is COc1ccc(C(=O)N(CCCN(C)C)c2nc3ccc(Cl)cc3s2)cc1.Cl. The van der Waals surface area contributed by atoms with Crippen LogP contribution in [0.2, 0.25) is 5.02 Å². The summed E-state index contributed by atoms with van der Waals surface area (Å²) in [6, 6.07) is 12.7. The number of methoxy groups -OCH3 is 1. The molecule has 0 aliphatic heterocycles. The van der Waals surface area contributed by atoms with E-state index in [-0.39, 0.29) is 18.3 Å². The number of benzene rings is 2. The number of hydrogen-bond acceptors (Lipinski definition) is 5. The van der Waals surface area contributed by atoms with Crippen LogP contribution in [0.3, 0.4) is 0 Å². The Balaban J connectivity index is 0.00000280. The number of amides is 1. The van der Waals surface area contributed by atoms with E-state index in [1.54, 1.807) is 36.3 Å². The Morgan fingerprint density at radius 1 is 1.14 bits per heavy atom. The van der Waals surface area contributed by atoms with E-state index in [4.69, 9.17) is 16.3 Å². The van der Waals surface area contributed by atoms with Crippen molar-refractivity contribution in [1.29, 1.82) is 0 Å². The lowest BCUT2D eigenvalue weighted by molar-refractivity contribution is 0.0986. The van der Waals surface area contributed by atoms with E-state index in [1.165, 1.54) is 11.3 Å². The van der Waals surface area contributed by atoms with Crippen LogP contribution in [-0.4, -0.2) is 50.1 Å². The van der Waals surface area contributed by atoms with E-state index >= 15 is 0 Å². The number of thiazole rings is 1. The van der Waals surface area contributed by atoms with E-state index < -0.39 is 0 Å². The molecular formula is C20H23Cl2N3O2S. The van der Waals surface area contributed by atoms with Gasteiger partial charge in [-0.1, -0.05) is 22.9 Å². The quantitative estimate of drug-likeness (QED) is 0.520. The monoisotopic (exact) mass is 439 g/mol. The number of aromatic nitrogens is 1. The van der Waals surface area contributed by atoms with Crippen LogP contribution in [0.15, 0.2) is 42.5 Å². The Labute approximate surface area is 180 Å². The summed E-state index contributed by atoms with van der Waals surface area (Å²) in [6.45, 7) is 1.49. The number of fused-ring (bicyclic) bond motifs is 1. The number of anilines is 1. The highest BCUT2D eigenvalue weighted by atomic mass is 35.5. The average molecular weight is 440 g/mol. The maximum atomic E-state index is 13.2. The highest BCUT2D eigenvalue weighted by molar-refractivity contribution is 7.22. The fourth-order valence-corrected chi connectivity index (χ4v) is 3.99. The van der Waals surface area contributed by atoms with Crippen LogP contribution in [-0.2, 0) is 0 Å². The molecule has 0 unspecified atom stereocenters. The number of rotatable bonds is 7. The van der Waals surface area contributed by atoms with Gasteiger partial charge in [0.2, 0.25) is 0 Å². The molecule has 0 fully saturated rings. The molecule has 0 radical (unpaired) electrons. The molecule has 8 heteroatoms. The Hall–Kier alpha value is -1.86. The second kappa shape index (κ2) is 10.1. The number of carbonyl (C=O) groups excluding carboxylic acids is 1. The molecular weight excluding hydrogens is 417 g/mol. The lowest BCUT2D eigenvalue weighted by atomic mass is 10.2. The third-order valence-electron chi connectivity index (χ3n) is 4.14. The third kappa shape index (κ3) is 5.35. The molecule has 0 saturated carbocycles. The molecule has 0 spiro atoms. The molecule has 1 amide bonds. The summed E-state index contributed by atoms with van der Waals surface area (Å²) in [7, 11) is 5.65. The highest BCUT2D eigenvalue weighted by Crippen LogP contribution is 2.31. The van der Waals surface area contributed by atoms with E-state index in [0.717, 1.165) is 28.9 Å². The Morgan fingerprint density at radius 3 is 2.50 bits per heavy atom. The van der Waals surface area contributed by atoms with Crippen LogP contribution in [0.5, 0.6) is 5.75 Å². The normalized spacial score (nSPS) is 10.8. The molecule has 0 N–H and O–H groups in total. The molecule has 0 saturated heterocycles. The molecule has 28 heavy (non-hydrogen) atoms. The molecule has 150 valence electrons. The number of ether oxygens (including phenoxy) is 1. The Kier molecular flexibility index (Phi) is 8.07. The van der Waals surface area contributed by atoms with Crippen LogP contribution in [0.4, 0.5) is 5.13 Å². The van der Waals surface area contributed by atoms with Crippen LogP contribution in [0.25, 0.3) is 10.2 Å². The minimum absolute atomic E-state index is 0. The van der Waals surface area contributed by atoms with Crippen molar-refractivity contribution in [2.45, 2.75) is 6.42 Å². The number of hydrogen-bond donors (Lipinski definition) is 0. The van der Waals surface area contributed by atoms with Crippen molar-refractivity contribution in [2.24, 2.45) is 0 Å². The summed E-state index contributed by atoms with van der Waals surface area (Å²) in [6.07, 6.45) is 0.853. The maximum Gasteiger partial charge on any atom is 0.260 e. The summed E-state index contributed by atoms with van der Waals surface area (Å²) < 4.78 is 6.15. The van der Waals surface area contributed by atoms with Crippen molar-refractivity contribution >= 4 is 56.6 Å². The van der Waals surface area contributed by atoms with Crippen molar-refractivity contribution < 1.29 is 9.53 Å².